The number of nitrogens with two attached hydrogens (primary N) is 1. The average molecular weight is 363 g/mol. The van der Waals surface area contributed by atoms with Crippen LogP contribution < -0.4 is 10.5 Å². The van der Waals surface area contributed by atoms with Gasteiger partial charge < -0.3 is 10.5 Å². The predicted octanol–water partition coefficient (Wildman–Crippen LogP) is 5.51. The molecule has 3 aromatic rings. The lowest BCUT2D eigenvalue weighted by Gasteiger charge is -2.09. The Morgan fingerprint density at radius 1 is 0.952 bits per heavy atom. The molecule has 0 heterocycles. The van der Waals surface area contributed by atoms with Gasteiger partial charge in [0.2, 0.25) is 0 Å². The Balaban J connectivity index is 1.92. The monoisotopic (exact) mass is 361 g/mol. The molecule has 0 bridgehead atoms. The molecule has 3 aromatic carbocycles. The Kier molecular flexibility index (Phi) is 4.15. The second-order valence-electron chi connectivity index (χ2n) is 4.72. The maximum absolute atomic E-state index is 6.21. The van der Waals surface area contributed by atoms with E-state index in [1.807, 2.05) is 48.5 Å². The van der Waals surface area contributed by atoms with Gasteiger partial charge in [-0.3, -0.25) is 0 Å². The minimum Gasteiger partial charge on any atom is -0.456 e. The first-order valence-corrected chi connectivity index (χ1v) is 7.68. The van der Waals surface area contributed by atoms with Crippen LogP contribution in [0.5, 0.6) is 11.5 Å². The molecule has 0 aliphatic heterocycles. The predicted molar refractivity (Wildman–Crippen MR) is 91.1 cm³/mol. The van der Waals surface area contributed by atoms with Crippen LogP contribution in [0.2, 0.25) is 5.02 Å². The summed E-state index contributed by atoms with van der Waals surface area (Å²) in [6.07, 6.45) is 0. The third kappa shape index (κ3) is 3.21. The smallest absolute Gasteiger partial charge is 0.146 e. The average Bonchev–Trinajstić information content (AvgIpc) is 2.49. The van der Waals surface area contributed by atoms with Crippen LogP contribution in [-0.4, -0.2) is 0 Å². The third-order valence-corrected chi connectivity index (χ3v) is 4.02. The van der Waals surface area contributed by atoms with Gasteiger partial charge in [0.05, 0.1) is 5.02 Å². The fourth-order valence-electron chi connectivity index (χ4n) is 2.14. The van der Waals surface area contributed by atoms with Crippen LogP contribution in [0.15, 0.2) is 59.1 Å². The standard InChI is InChI=1S/C17H13BrClNO/c18-14-4-2-13-9-15(5-3-12(13)8-14)21-17-6-1-11(10-20)7-16(17)19/h1-9H,10,20H2. The maximum Gasteiger partial charge on any atom is 0.146 e. The van der Waals surface area contributed by atoms with E-state index in [1.54, 1.807) is 0 Å². The molecule has 0 atom stereocenters. The van der Waals surface area contributed by atoms with Crippen molar-refractivity contribution in [3.05, 3.63) is 69.7 Å². The quantitative estimate of drug-likeness (QED) is 0.667. The molecule has 0 saturated carbocycles. The first-order chi connectivity index (χ1) is 10.2. The Bertz CT molecular complexity index is 804. The van der Waals surface area contributed by atoms with Gasteiger partial charge in [-0.25, -0.2) is 0 Å². The lowest BCUT2D eigenvalue weighted by molar-refractivity contribution is 0.483. The first kappa shape index (κ1) is 14.4. The van der Waals surface area contributed by atoms with Crippen molar-refractivity contribution in [3.63, 3.8) is 0 Å². The number of ether oxygens (including phenoxy) is 1. The summed E-state index contributed by atoms with van der Waals surface area (Å²) in [6, 6.07) is 17.7. The summed E-state index contributed by atoms with van der Waals surface area (Å²) in [6.45, 7) is 0.463. The van der Waals surface area contributed by atoms with E-state index in [0.29, 0.717) is 17.3 Å². The number of rotatable bonds is 3. The topological polar surface area (TPSA) is 35.2 Å². The van der Waals surface area contributed by atoms with Gasteiger partial charge in [0.15, 0.2) is 0 Å². The zero-order chi connectivity index (χ0) is 14.8. The first-order valence-electron chi connectivity index (χ1n) is 6.51. The molecule has 0 amide bonds. The molecule has 4 heteroatoms. The van der Waals surface area contributed by atoms with Crippen molar-refractivity contribution in [1.29, 1.82) is 0 Å². The van der Waals surface area contributed by atoms with Gasteiger partial charge in [-0.1, -0.05) is 45.7 Å². The van der Waals surface area contributed by atoms with Crippen molar-refractivity contribution < 1.29 is 4.74 Å². The minimum atomic E-state index is 0.463. The fraction of sp³-hybridized carbons (Fsp3) is 0.0588. The van der Waals surface area contributed by atoms with E-state index in [1.165, 1.54) is 0 Å². The second-order valence-corrected chi connectivity index (χ2v) is 6.05. The van der Waals surface area contributed by atoms with Gasteiger partial charge in [-0.05, 0) is 52.7 Å². The molecule has 0 aliphatic rings. The Morgan fingerprint density at radius 3 is 2.48 bits per heavy atom. The van der Waals surface area contributed by atoms with Gasteiger partial charge in [-0.2, -0.15) is 0 Å². The molecule has 0 spiro atoms. The largest absolute Gasteiger partial charge is 0.456 e. The van der Waals surface area contributed by atoms with Crippen molar-refractivity contribution in [1.82, 2.24) is 0 Å². The summed E-state index contributed by atoms with van der Waals surface area (Å²) in [7, 11) is 0. The van der Waals surface area contributed by atoms with Crippen LogP contribution in [0.3, 0.4) is 0 Å². The molecule has 0 saturated heterocycles. The minimum absolute atomic E-state index is 0.463. The van der Waals surface area contributed by atoms with E-state index in [4.69, 9.17) is 22.1 Å². The van der Waals surface area contributed by atoms with Crippen LogP contribution in [0.25, 0.3) is 10.8 Å². The molecule has 106 valence electrons. The van der Waals surface area contributed by atoms with Gasteiger partial charge >= 0.3 is 0 Å². The molecule has 0 fully saturated rings. The summed E-state index contributed by atoms with van der Waals surface area (Å²) < 4.78 is 6.92. The molecular weight excluding hydrogens is 350 g/mol. The van der Waals surface area contributed by atoms with Crippen molar-refractivity contribution >= 4 is 38.3 Å². The number of benzene rings is 3. The molecule has 2 nitrogen and oxygen atoms in total. The highest BCUT2D eigenvalue weighted by Gasteiger charge is 2.05. The fourth-order valence-corrected chi connectivity index (χ4v) is 2.76. The van der Waals surface area contributed by atoms with E-state index < -0.39 is 0 Å². The summed E-state index contributed by atoms with van der Waals surface area (Å²) in [4.78, 5) is 0. The zero-order valence-corrected chi connectivity index (χ0v) is 13.5. The van der Waals surface area contributed by atoms with Gasteiger partial charge in [0, 0.05) is 11.0 Å². The summed E-state index contributed by atoms with van der Waals surface area (Å²) >= 11 is 9.68. The van der Waals surface area contributed by atoms with Crippen LogP contribution in [0, 0.1) is 0 Å². The number of fused-ring (bicyclic) bond motifs is 1. The van der Waals surface area contributed by atoms with Crippen LogP contribution >= 0.6 is 27.5 Å². The van der Waals surface area contributed by atoms with Crippen LogP contribution in [0.1, 0.15) is 5.56 Å². The molecule has 2 N–H and O–H groups in total. The Labute approximate surface area is 136 Å². The zero-order valence-electron chi connectivity index (χ0n) is 11.1. The van der Waals surface area contributed by atoms with E-state index in [0.717, 1.165) is 26.6 Å². The molecule has 0 aromatic heterocycles. The van der Waals surface area contributed by atoms with Gasteiger partial charge in [-0.15, -0.1) is 0 Å². The Hall–Kier alpha value is -1.55. The van der Waals surface area contributed by atoms with E-state index >= 15 is 0 Å². The third-order valence-electron chi connectivity index (χ3n) is 3.23. The molecule has 21 heavy (non-hydrogen) atoms. The summed E-state index contributed by atoms with van der Waals surface area (Å²) in [5, 5.41) is 2.83. The van der Waals surface area contributed by atoms with Gasteiger partial charge in [0.25, 0.3) is 0 Å². The Morgan fingerprint density at radius 2 is 1.71 bits per heavy atom. The van der Waals surface area contributed by atoms with E-state index in [2.05, 4.69) is 22.0 Å². The summed E-state index contributed by atoms with van der Waals surface area (Å²) in [5.41, 5.74) is 6.57. The SMILES string of the molecule is NCc1ccc(Oc2ccc3cc(Br)ccc3c2)c(Cl)c1. The molecule has 3 rings (SSSR count). The number of halogens is 2. The van der Waals surface area contributed by atoms with Crippen molar-refractivity contribution in [3.8, 4) is 11.5 Å². The lowest BCUT2D eigenvalue weighted by Crippen LogP contribution is -1.96. The van der Waals surface area contributed by atoms with Crippen LogP contribution in [0.4, 0.5) is 0 Å². The number of hydrogen-bond donors (Lipinski definition) is 1. The molecule has 0 radical (unpaired) electrons. The molecular formula is C17H13BrClNO. The van der Waals surface area contributed by atoms with Crippen molar-refractivity contribution in [2.75, 3.05) is 0 Å². The summed E-state index contributed by atoms with van der Waals surface area (Å²) in [5.74, 6) is 1.39. The van der Waals surface area contributed by atoms with Crippen molar-refractivity contribution in [2.45, 2.75) is 6.54 Å². The van der Waals surface area contributed by atoms with Crippen molar-refractivity contribution in [2.24, 2.45) is 5.73 Å². The van der Waals surface area contributed by atoms with E-state index in [-0.39, 0.29) is 0 Å². The molecule has 0 aliphatic carbocycles. The molecule has 0 unspecified atom stereocenters. The number of hydrogen-bond acceptors (Lipinski definition) is 2. The normalized spacial score (nSPS) is 10.8. The highest BCUT2D eigenvalue weighted by molar-refractivity contribution is 9.10. The lowest BCUT2D eigenvalue weighted by atomic mass is 10.1. The highest BCUT2D eigenvalue weighted by atomic mass is 79.9. The highest BCUT2D eigenvalue weighted by Crippen LogP contribution is 2.32. The van der Waals surface area contributed by atoms with E-state index in [9.17, 15) is 0 Å². The van der Waals surface area contributed by atoms with Crippen LogP contribution in [-0.2, 0) is 6.54 Å². The second kappa shape index (κ2) is 6.06. The van der Waals surface area contributed by atoms with Gasteiger partial charge in [0.1, 0.15) is 11.5 Å². The maximum atomic E-state index is 6.21.